The van der Waals surface area contributed by atoms with Crippen LogP contribution in [0.2, 0.25) is 0 Å². The highest BCUT2D eigenvalue weighted by Gasteiger charge is 2.23. The highest BCUT2D eigenvalue weighted by Crippen LogP contribution is 2.23. The van der Waals surface area contributed by atoms with Crippen LogP contribution in [-0.4, -0.2) is 20.7 Å². The Balaban J connectivity index is 1.98. The Bertz CT molecular complexity index is 931. The summed E-state index contributed by atoms with van der Waals surface area (Å²) >= 11 is 0. The second-order valence-electron chi connectivity index (χ2n) is 7.06. The molecule has 0 bridgehead atoms. The fourth-order valence-electron chi connectivity index (χ4n) is 3.39. The van der Waals surface area contributed by atoms with Crippen molar-refractivity contribution in [2.24, 2.45) is 0 Å². The van der Waals surface area contributed by atoms with Crippen molar-refractivity contribution < 1.29 is 4.79 Å². The minimum atomic E-state index is -0.0605. The first-order chi connectivity index (χ1) is 13.6. The number of carbonyl (C=O) groups is 1. The minimum absolute atomic E-state index is 0.0605. The summed E-state index contributed by atoms with van der Waals surface area (Å²) in [6.45, 7) is 6.77. The molecule has 1 amide bonds. The molecule has 0 aliphatic carbocycles. The van der Waals surface area contributed by atoms with Crippen molar-refractivity contribution in [3.8, 4) is 5.69 Å². The minimum Gasteiger partial charge on any atom is -0.348 e. The first kappa shape index (κ1) is 19.8. The average Bonchev–Trinajstić information content (AvgIpc) is 3.06. The van der Waals surface area contributed by atoms with Crippen molar-refractivity contribution in [3.05, 3.63) is 76.9 Å². The molecule has 3 aromatic rings. The fourth-order valence-corrected chi connectivity index (χ4v) is 3.39. The molecular formula is C23H28N4O. The lowest BCUT2D eigenvalue weighted by atomic mass is 10.1. The van der Waals surface area contributed by atoms with Crippen molar-refractivity contribution in [1.29, 1.82) is 0 Å². The Kier molecular flexibility index (Phi) is 6.58. The van der Waals surface area contributed by atoms with Gasteiger partial charge in [-0.3, -0.25) is 9.78 Å². The van der Waals surface area contributed by atoms with E-state index in [0.29, 0.717) is 6.54 Å². The van der Waals surface area contributed by atoms with Crippen molar-refractivity contribution in [1.82, 2.24) is 20.1 Å². The largest absolute Gasteiger partial charge is 0.348 e. The zero-order valence-electron chi connectivity index (χ0n) is 16.9. The molecule has 3 rings (SSSR count). The van der Waals surface area contributed by atoms with Crippen LogP contribution in [-0.2, 0) is 19.4 Å². The SMILES string of the molecule is CCCc1nn(-c2cccc(C)c2)c(CCC)c1C(=O)NCc1cccnc1. The van der Waals surface area contributed by atoms with E-state index in [1.165, 1.54) is 5.56 Å². The molecule has 28 heavy (non-hydrogen) atoms. The van der Waals surface area contributed by atoms with Gasteiger partial charge in [-0.2, -0.15) is 5.10 Å². The van der Waals surface area contributed by atoms with Crippen LogP contribution in [0, 0.1) is 6.92 Å². The van der Waals surface area contributed by atoms with E-state index in [0.717, 1.165) is 53.9 Å². The number of benzene rings is 1. The molecule has 1 N–H and O–H groups in total. The van der Waals surface area contributed by atoms with Gasteiger partial charge in [0.05, 0.1) is 22.6 Å². The number of pyridine rings is 1. The highest BCUT2D eigenvalue weighted by atomic mass is 16.1. The molecule has 0 aliphatic rings. The molecule has 2 heterocycles. The van der Waals surface area contributed by atoms with E-state index >= 15 is 0 Å². The third kappa shape index (κ3) is 4.47. The molecule has 0 unspecified atom stereocenters. The first-order valence-corrected chi connectivity index (χ1v) is 9.99. The van der Waals surface area contributed by atoms with Gasteiger partial charge in [0.25, 0.3) is 5.91 Å². The Morgan fingerprint density at radius 3 is 2.61 bits per heavy atom. The lowest BCUT2D eigenvalue weighted by Gasteiger charge is -2.10. The summed E-state index contributed by atoms with van der Waals surface area (Å²) in [5.74, 6) is -0.0605. The maximum absolute atomic E-state index is 13.1. The molecule has 5 nitrogen and oxygen atoms in total. The Morgan fingerprint density at radius 2 is 1.93 bits per heavy atom. The third-order valence-corrected chi connectivity index (χ3v) is 4.68. The molecule has 5 heteroatoms. The molecule has 146 valence electrons. The van der Waals surface area contributed by atoms with Gasteiger partial charge >= 0.3 is 0 Å². The van der Waals surface area contributed by atoms with Crippen LogP contribution < -0.4 is 5.32 Å². The van der Waals surface area contributed by atoms with Crippen LogP contribution >= 0.6 is 0 Å². The normalized spacial score (nSPS) is 10.8. The highest BCUT2D eigenvalue weighted by molar-refractivity contribution is 5.96. The predicted molar refractivity (Wildman–Crippen MR) is 112 cm³/mol. The number of carbonyl (C=O) groups excluding carboxylic acids is 1. The van der Waals surface area contributed by atoms with Gasteiger partial charge in [0, 0.05) is 18.9 Å². The summed E-state index contributed by atoms with van der Waals surface area (Å²) in [6, 6.07) is 12.1. The molecule has 1 aromatic carbocycles. The van der Waals surface area contributed by atoms with Gasteiger partial charge in [-0.1, -0.05) is 44.9 Å². The van der Waals surface area contributed by atoms with E-state index < -0.39 is 0 Å². The van der Waals surface area contributed by atoms with Crippen LogP contribution in [0.1, 0.15) is 59.6 Å². The van der Waals surface area contributed by atoms with Gasteiger partial charge in [-0.15, -0.1) is 0 Å². The standard InChI is InChI=1S/C23H28N4O/c1-4-8-20-22(23(28)25-16-18-11-7-13-24-15-18)21(9-5-2)27(26-20)19-12-6-10-17(3)14-19/h6-7,10-15H,4-5,8-9,16H2,1-3H3,(H,25,28). The van der Waals surface area contributed by atoms with E-state index in [4.69, 9.17) is 5.10 Å². The van der Waals surface area contributed by atoms with Gasteiger partial charge in [-0.25, -0.2) is 4.68 Å². The second kappa shape index (κ2) is 9.31. The number of aryl methyl sites for hydroxylation is 2. The lowest BCUT2D eigenvalue weighted by molar-refractivity contribution is 0.0949. The molecule has 0 fully saturated rings. The summed E-state index contributed by atoms with van der Waals surface area (Å²) in [7, 11) is 0. The molecule has 2 aromatic heterocycles. The summed E-state index contributed by atoms with van der Waals surface area (Å²) in [5.41, 5.74) is 5.75. The van der Waals surface area contributed by atoms with Crippen LogP contribution in [0.25, 0.3) is 5.69 Å². The number of aromatic nitrogens is 3. The number of nitrogens with zero attached hydrogens (tertiary/aromatic N) is 3. The molecule has 0 aliphatic heterocycles. The van der Waals surface area contributed by atoms with Crippen molar-refractivity contribution in [2.75, 3.05) is 0 Å². The molecule has 0 radical (unpaired) electrons. The van der Waals surface area contributed by atoms with Crippen molar-refractivity contribution >= 4 is 5.91 Å². The van der Waals surface area contributed by atoms with Crippen LogP contribution in [0.5, 0.6) is 0 Å². The fraction of sp³-hybridized carbons (Fsp3) is 0.348. The van der Waals surface area contributed by atoms with E-state index in [1.807, 2.05) is 28.9 Å². The smallest absolute Gasteiger partial charge is 0.255 e. The summed E-state index contributed by atoms with van der Waals surface area (Å²) < 4.78 is 1.96. The molecule has 0 atom stereocenters. The predicted octanol–water partition coefficient (Wildman–Crippen LogP) is 4.41. The number of hydrogen-bond acceptors (Lipinski definition) is 3. The Hall–Kier alpha value is -2.95. The number of rotatable bonds is 8. The van der Waals surface area contributed by atoms with E-state index in [9.17, 15) is 4.79 Å². The van der Waals surface area contributed by atoms with Crippen LogP contribution in [0.4, 0.5) is 0 Å². The maximum atomic E-state index is 13.1. The van der Waals surface area contributed by atoms with E-state index in [2.05, 4.69) is 43.2 Å². The zero-order chi connectivity index (χ0) is 19.9. The molecule has 0 saturated carbocycles. The quantitative estimate of drug-likeness (QED) is 0.633. The van der Waals surface area contributed by atoms with E-state index in [-0.39, 0.29) is 5.91 Å². The summed E-state index contributed by atoms with van der Waals surface area (Å²) in [4.78, 5) is 17.2. The number of hydrogen-bond donors (Lipinski definition) is 1. The molecule has 0 saturated heterocycles. The van der Waals surface area contributed by atoms with Gasteiger partial charge in [-0.05, 0) is 49.1 Å². The van der Waals surface area contributed by atoms with Gasteiger partial charge in [0.15, 0.2) is 0 Å². The monoisotopic (exact) mass is 376 g/mol. The summed E-state index contributed by atoms with van der Waals surface area (Å²) in [6.07, 6.45) is 6.99. The van der Waals surface area contributed by atoms with Gasteiger partial charge < -0.3 is 5.32 Å². The first-order valence-electron chi connectivity index (χ1n) is 9.99. The number of amides is 1. The van der Waals surface area contributed by atoms with Crippen LogP contribution in [0.3, 0.4) is 0 Å². The number of nitrogens with one attached hydrogen (secondary N) is 1. The molecule has 0 spiro atoms. The van der Waals surface area contributed by atoms with Crippen molar-refractivity contribution in [2.45, 2.75) is 53.0 Å². The van der Waals surface area contributed by atoms with Crippen LogP contribution in [0.15, 0.2) is 48.8 Å². The lowest BCUT2D eigenvalue weighted by Crippen LogP contribution is -2.25. The Morgan fingerprint density at radius 1 is 1.11 bits per heavy atom. The maximum Gasteiger partial charge on any atom is 0.255 e. The average molecular weight is 377 g/mol. The molecular weight excluding hydrogens is 348 g/mol. The zero-order valence-corrected chi connectivity index (χ0v) is 16.9. The second-order valence-corrected chi connectivity index (χ2v) is 7.06. The third-order valence-electron chi connectivity index (χ3n) is 4.68. The van der Waals surface area contributed by atoms with Gasteiger partial charge in [0.2, 0.25) is 0 Å². The topological polar surface area (TPSA) is 59.8 Å². The van der Waals surface area contributed by atoms with Gasteiger partial charge in [0.1, 0.15) is 0 Å². The summed E-state index contributed by atoms with van der Waals surface area (Å²) in [5, 5.41) is 7.91. The van der Waals surface area contributed by atoms with Crippen molar-refractivity contribution in [3.63, 3.8) is 0 Å². The van der Waals surface area contributed by atoms with E-state index in [1.54, 1.807) is 12.4 Å². The Labute approximate surface area is 166 Å².